The molecule has 0 fully saturated rings. The summed E-state index contributed by atoms with van der Waals surface area (Å²) in [4.78, 5) is 11.2. The van der Waals surface area contributed by atoms with Gasteiger partial charge in [-0.25, -0.2) is 13.6 Å². The van der Waals surface area contributed by atoms with Gasteiger partial charge in [0.15, 0.2) is 6.10 Å². The third-order valence-corrected chi connectivity index (χ3v) is 2.35. The maximum Gasteiger partial charge on any atom is 0.338 e. The highest BCUT2D eigenvalue weighted by Gasteiger charge is 2.29. The molecule has 0 radical (unpaired) electrons. The SMILES string of the molecule is CCOC(=O)C(O)C(O)c1cc(F)c(C#N)cc1F. The Morgan fingerprint density at radius 2 is 2.05 bits per heavy atom. The molecule has 0 amide bonds. The molecule has 2 N–H and O–H groups in total. The number of halogens is 2. The number of carbonyl (C=O) groups is 1. The lowest BCUT2D eigenvalue weighted by Gasteiger charge is -2.17. The highest BCUT2D eigenvalue weighted by atomic mass is 19.1. The van der Waals surface area contributed by atoms with Crippen LogP contribution in [0.5, 0.6) is 0 Å². The van der Waals surface area contributed by atoms with Crippen LogP contribution in [-0.4, -0.2) is 28.9 Å². The molecule has 0 aromatic heterocycles. The van der Waals surface area contributed by atoms with Crippen LogP contribution in [0.2, 0.25) is 0 Å². The van der Waals surface area contributed by atoms with Crippen LogP contribution < -0.4 is 0 Å². The van der Waals surface area contributed by atoms with Crippen LogP contribution in [0.3, 0.4) is 0 Å². The monoisotopic (exact) mass is 271 g/mol. The van der Waals surface area contributed by atoms with Crippen LogP contribution in [-0.2, 0) is 9.53 Å². The van der Waals surface area contributed by atoms with Crippen molar-refractivity contribution in [3.63, 3.8) is 0 Å². The first kappa shape index (κ1) is 15.0. The van der Waals surface area contributed by atoms with E-state index in [1.165, 1.54) is 13.0 Å². The standard InChI is InChI=1S/C12H11F2NO4/c1-2-19-12(18)11(17)10(16)7-4-8(13)6(5-15)3-9(7)14/h3-4,10-11,16-17H,2H2,1H3. The van der Waals surface area contributed by atoms with Crippen molar-refractivity contribution >= 4 is 5.97 Å². The summed E-state index contributed by atoms with van der Waals surface area (Å²) < 4.78 is 31.3. The lowest BCUT2D eigenvalue weighted by Crippen LogP contribution is -2.30. The Kier molecular flexibility index (Phi) is 4.92. The van der Waals surface area contributed by atoms with E-state index in [4.69, 9.17) is 5.26 Å². The van der Waals surface area contributed by atoms with E-state index in [9.17, 15) is 23.8 Å². The van der Waals surface area contributed by atoms with Gasteiger partial charge in [-0.3, -0.25) is 0 Å². The smallest absolute Gasteiger partial charge is 0.338 e. The number of hydrogen-bond acceptors (Lipinski definition) is 5. The van der Waals surface area contributed by atoms with Crippen LogP contribution in [0.1, 0.15) is 24.2 Å². The van der Waals surface area contributed by atoms with Gasteiger partial charge in [-0.2, -0.15) is 5.26 Å². The molecule has 1 rings (SSSR count). The second-order valence-electron chi connectivity index (χ2n) is 3.61. The lowest BCUT2D eigenvalue weighted by atomic mass is 10.0. The topological polar surface area (TPSA) is 90.6 Å². The second-order valence-corrected chi connectivity index (χ2v) is 3.61. The van der Waals surface area contributed by atoms with E-state index in [1.54, 1.807) is 0 Å². The molecule has 5 nitrogen and oxygen atoms in total. The first-order valence-electron chi connectivity index (χ1n) is 5.34. The fraction of sp³-hybridized carbons (Fsp3) is 0.333. The first-order valence-corrected chi connectivity index (χ1v) is 5.34. The molecule has 2 unspecified atom stereocenters. The fourth-order valence-electron chi connectivity index (χ4n) is 1.40. The summed E-state index contributed by atoms with van der Waals surface area (Å²) in [6, 6.07) is 2.56. The van der Waals surface area contributed by atoms with E-state index in [1.807, 2.05) is 0 Å². The summed E-state index contributed by atoms with van der Waals surface area (Å²) >= 11 is 0. The number of carbonyl (C=O) groups excluding carboxylic acids is 1. The predicted molar refractivity (Wildman–Crippen MR) is 58.7 cm³/mol. The minimum absolute atomic E-state index is 0.0349. The van der Waals surface area contributed by atoms with E-state index in [2.05, 4.69) is 4.74 Å². The van der Waals surface area contributed by atoms with Gasteiger partial charge >= 0.3 is 5.97 Å². The molecule has 0 aliphatic carbocycles. The Labute approximate surface area is 107 Å². The predicted octanol–water partition coefficient (Wildman–Crippen LogP) is 0.794. The second kappa shape index (κ2) is 6.22. The van der Waals surface area contributed by atoms with E-state index in [0.717, 1.165) is 0 Å². The molecule has 19 heavy (non-hydrogen) atoms. The molecule has 0 bridgehead atoms. The number of hydrogen-bond donors (Lipinski definition) is 2. The number of nitrogens with zero attached hydrogens (tertiary/aromatic N) is 1. The molecule has 1 aromatic rings. The largest absolute Gasteiger partial charge is 0.464 e. The normalized spacial score (nSPS) is 13.5. The fourth-order valence-corrected chi connectivity index (χ4v) is 1.40. The van der Waals surface area contributed by atoms with Crippen molar-refractivity contribution in [1.82, 2.24) is 0 Å². The molecular formula is C12H11F2NO4. The van der Waals surface area contributed by atoms with Gasteiger partial charge in [0, 0.05) is 5.56 Å². The van der Waals surface area contributed by atoms with Crippen molar-refractivity contribution in [3.05, 3.63) is 34.9 Å². The van der Waals surface area contributed by atoms with Gasteiger partial charge in [-0.1, -0.05) is 0 Å². The Hall–Kier alpha value is -2.04. The highest BCUT2D eigenvalue weighted by Crippen LogP contribution is 2.24. The third kappa shape index (κ3) is 3.24. The highest BCUT2D eigenvalue weighted by molar-refractivity contribution is 5.75. The number of aliphatic hydroxyl groups excluding tert-OH is 2. The number of ether oxygens (including phenoxy) is 1. The minimum Gasteiger partial charge on any atom is -0.464 e. The summed E-state index contributed by atoms with van der Waals surface area (Å²) in [5, 5.41) is 27.5. The van der Waals surface area contributed by atoms with Crippen LogP contribution in [0.25, 0.3) is 0 Å². The van der Waals surface area contributed by atoms with Gasteiger partial charge in [-0.15, -0.1) is 0 Å². The number of aliphatic hydroxyl groups is 2. The van der Waals surface area contributed by atoms with Crippen LogP contribution in [0.4, 0.5) is 8.78 Å². The molecule has 1 aromatic carbocycles. The molecule has 0 spiro atoms. The summed E-state index contributed by atoms with van der Waals surface area (Å²) in [7, 11) is 0. The zero-order valence-corrected chi connectivity index (χ0v) is 9.93. The number of esters is 1. The number of rotatable bonds is 4. The van der Waals surface area contributed by atoms with Crippen LogP contribution in [0, 0.1) is 23.0 Å². The molecule has 0 aliphatic rings. The van der Waals surface area contributed by atoms with Crippen molar-refractivity contribution in [2.24, 2.45) is 0 Å². The van der Waals surface area contributed by atoms with Gasteiger partial charge in [0.25, 0.3) is 0 Å². The summed E-state index contributed by atoms with van der Waals surface area (Å²) in [5.74, 6) is -3.32. The molecular weight excluding hydrogens is 260 g/mol. The van der Waals surface area contributed by atoms with Crippen molar-refractivity contribution < 1.29 is 28.5 Å². The number of benzene rings is 1. The van der Waals surface area contributed by atoms with Gasteiger partial charge in [-0.05, 0) is 19.1 Å². The zero-order valence-electron chi connectivity index (χ0n) is 9.93. The molecule has 102 valence electrons. The van der Waals surface area contributed by atoms with Gasteiger partial charge in [0.2, 0.25) is 0 Å². The molecule has 7 heteroatoms. The summed E-state index contributed by atoms with van der Waals surface area (Å²) in [6.07, 6.45) is -4.02. The van der Waals surface area contributed by atoms with Crippen LogP contribution >= 0.6 is 0 Å². The molecule has 0 heterocycles. The van der Waals surface area contributed by atoms with Gasteiger partial charge < -0.3 is 14.9 Å². The van der Waals surface area contributed by atoms with E-state index in [0.29, 0.717) is 12.1 Å². The third-order valence-electron chi connectivity index (χ3n) is 2.35. The van der Waals surface area contributed by atoms with Crippen molar-refractivity contribution in [2.45, 2.75) is 19.1 Å². The van der Waals surface area contributed by atoms with E-state index in [-0.39, 0.29) is 6.61 Å². The average molecular weight is 271 g/mol. The van der Waals surface area contributed by atoms with E-state index >= 15 is 0 Å². The molecule has 0 saturated heterocycles. The molecule has 0 aliphatic heterocycles. The van der Waals surface area contributed by atoms with Crippen LogP contribution in [0.15, 0.2) is 12.1 Å². The summed E-state index contributed by atoms with van der Waals surface area (Å²) in [6.45, 7) is 1.45. The summed E-state index contributed by atoms with van der Waals surface area (Å²) in [5.41, 5.74) is -1.17. The maximum atomic E-state index is 13.5. The Morgan fingerprint density at radius 1 is 1.42 bits per heavy atom. The zero-order chi connectivity index (χ0) is 14.6. The van der Waals surface area contributed by atoms with Crippen molar-refractivity contribution in [3.8, 4) is 6.07 Å². The quantitative estimate of drug-likeness (QED) is 0.790. The van der Waals surface area contributed by atoms with Gasteiger partial charge in [0.1, 0.15) is 23.8 Å². The minimum atomic E-state index is -2.04. The number of nitriles is 1. The lowest BCUT2D eigenvalue weighted by molar-refractivity contribution is -0.159. The van der Waals surface area contributed by atoms with Gasteiger partial charge in [0.05, 0.1) is 12.2 Å². The Balaban J connectivity index is 3.07. The molecule has 0 saturated carbocycles. The van der Waals surface area contributed by atoms with Crippen molar-refractivity contribution in [1.29, 1.82) is 5.26 Å². The maximum absolute atomic E-state index is 13.5. The first-order chi connectivity index (χ1) is 8.92. The Bertz CT molecular complexity index is 527. The Morgan fingerprint density at radius 3 is 2.58 bits per heavy atom. The molecule has 2 atom stereocenters. The average Bonchev–Trinajstić information content (AvgIpc) is 2.39. The van der Waals surface area contributed by atoms with E-state index < -0.39 is 40.9 Å². The van der Waals surface area contributed by atoms with Crippen molar-refractivity contribution in [2.75, 3.05) is 6.61 Å².